The molecule has 0 aliphatic carbocycles. The van der Waals surface area contributed by atoms with Crippen molar-refractivity contribution in [3.63, 3.8) is 0 Å². The van der Waals surface area contributed by atoms with Crippen LogP contribution in [-0.2, 0) is 29.1 Å². The summed E-state index contributed by atoms with van der Waals surface area (Å²) in [5.41, 5.74) is 9.27. The Morgan fingerprint density at radius 1 is 1.07 bits per heavy atom. The smallest absolute Gasteiger partial charge is 0.316 e. The number of phenolic OH excluding ortho intramolecular Hbond substituents is 1. The van der Waals surface area contributed by atoms with Crippen molar-refractivity contribution >= 4 is 34.6 Å². The number of carbonyl (C=O) groups is 3. The second-order valence-electron chi connectivity index (χ2n) is 11.4. The van der Waals surface area contributed by atoms with E-state index in [1.54, 1.807) is 29.2 Å². The lowest BCUT2D eigenvalue weighted by Crippen LogP contribution is -2.69. The van der Waals surface area contributed by atoms with Crippen LogP contribution in [0.25, 0.3) is 10.9 Å². The number of aromatic nitrogens is 2. The van der Waals surface area contributed by atoms with Crippen LogP contribution in [0.3, 0.4) is 0 Å². The molecule has 4 amide bonds. The van der Waals surface area contributed by atoms with Crippen molar-refractivity contribution in [3.8, 4) is 5.75 Å². The van der Waals surface area contributed by atoms with E-state index in [2.05, 4.69) is 20.8 Å². The summed E-state index contributed by atoms with van der Waals surface area (Å²) in [4.78, 5) is 46.6. The Bertz CT molecular complexity index is 1620. The van der Waals surface area contributed by atoms with Gasteiger partial charge in [-0.05, 0) is 54.9 Å². The number of hydrogen-bond donors (Lipinski definition) is 5. The van der Waals surface area contributed by atoms with Gasteiger partial charge in [0.15, 0.2) is 5.82 Å². The standard InChI is InChI=1S/C33H40N8O4/c1-3-16-39(2)21-29(43)41-27(17-22-12-14-25(42)15-13-22)32(44)40(19-24-10-7-11-26-30(24)37-38-31(26)34)20-28(41)36-33(45)35-18-23-8-5-4-6-9-23/h4-15,27-28,42H,3,16-21H2,1-2H3,(H3,34,37,38)(H2,35,36,45)/t27-,28+/m0/s1. The molecule has 0 spiro atoms. The molecule has 236 valence electrons. The summed E-state index contributed by atoms with van der Waals surface area (Å²) in [6.45, 7) is 3.42. The minimum atomic E-state index is -0.906. The van der Waals surface area contributed by atoms with Crippen LogP contribution >= 0.6 is 0 Å². The third-order valence-electron chi connectivity index (χ3n) is 8.00. The van der Waals surface area contributed by atoms with Gasteiger partial charge < -0.3 is 31.3 Å². The van der Waals surface area contributed by atoms with Crippen LogP contribution in [-0.4, -0.2) is 86.7 Å². The zero-order valence-corrected chi connectivity index (χ0v) is 25.6. The fourth-order valence-corrected chi connectivity index (χ4v) is 5.79. The number of rotatable bonds is 11. The van der Waals surface area contributed by atoms with Crippen molar-refractivity contribution in [2.24, 2.45) is 0 Å². The molecule has 4 aromatic rings. The summed E-state index contributed by atoms with van der Waals surface area (Å²) in [5, 5.41) is 23.6. The first-order valence-corrected chi connectivity index (χ1v) is 15.1. The number of anilines is 1. The van der Waals surface area contributed by atoms with Gasteiger partial charge in [-0.25, -0.2) is 4.79 Å². The molecular weight excluding hydrogens is 572 g/mol. The summed E-state index contributed by atoms with van der Waals surface area (Å²) < 4.78 is 0. The van der Waals surface area contributed by atoms with Gasteiger partial charge in [-0.15, -0.1) is 0 Å². The van der Waals surface area contributed by atoms with E-state index >= 15 is 0 Å². The molecule has 2 heterocycles. The van der Waals surface area contributed by atoms with E-state index in [9.17, 15) is 19.5 Å². The van der Waals surface area contributed by atoms with Gasteiger partial charge in [-0.1, -0.05) is 61.5 Å². The molecule has 0 unspecified atom stereocenters. The minimum Gasteiger partial charge on any atom is -0.508 e. The largest absolute Gasteiger partial charge is 0.508 e. The van der Waals surface area contributed by atoms with Crippen molar-refractivity contribution in [1.29, 1.82) is 0 Å². The molecule has 1 aromatic heterocycles. The summed E-state index contributed by atoms with van der Waals surface area (Å²) in [7, 11) is 1.86. The van der Waals surface area contributed by atoms with E-state index in [0.29, 0.717) is 18.9 Å². The quantitative estimate of drug-likeness (QED) is 0.174. The first-order chi connectivity index (χ1) is 21.7. The van der Waals surface area contributed by atoms with Crippen LogP contribution in [0.15, 0.2) is 72.8 Å². The Labute approximate surface area is 262 Å². The molecule has 12 heteroatoms. The number of nitrogens with two attached hydrogens (primary N) is 1. The highest BCUT2D eigenvalue weighted by Crippen LogP contribution is 2.27. The van der Waals surface area contributed by atoms with E-state index in [1.165, 1.54) is 4.90 Å². The maximum absolute atomic E-state index is 14.3. The average molecular weight is 613 g/mol. The lowest BCUT2D eigenvalue weighted by Gasteiger charge is -2.46. The van der Waals surface area contributed by atoms with Crippen molar-refractivity contribution in [1.82, 2.24) is 35.5 Å². The van der Waals surface area contributed by atoms with Crippen LogP contribution < -0.4 is 16.4 Å². The number of amides is 4. The molecule has 45 heavy (non-hydrogen) atoms. The van der Waals surface area contributed by atoms with E-state index in [1.807, 2.05) is 67.4 Å². The second kappa shape index (κ2) is 14.1. The number of nitrogens with zero attached hydrogens (tertiary/aromatic N) is 4. The van der Waals surface area contributed by atoms with E-state index < -0.39 is 18.2 Å². The summed E-state index contributed by atoms with van der Waals surface area (Å²) in [6, 6.07) is 20.4. The fourth-order valence-electron chi connectivity index (χ4n) is 5.79. The maximum Gasteiger partial charge on any atom is 0.316 e. The summed E-state index contributed by atoms with van der Waals surface area (Å²) >= 11 is 0. The zero-order valence-electron chi connectivity index (χ0n) is 25.6. The number of aromatic hydroxyl groups is 1. The summed E-state index contributed by atoms with van der Waals surface area (Å²) in [5.74, 6) is -0.0445. The van der Waals surface area contributed by atoms with E-state index in [-0.39, 0.29) is 43.6 Å². The number of piperazine rings is 1. The molecule has 6 N–H and O–H groups in total. The predicted molar refractivity (Wildman–Crippen MR) is 172 cm³/mol. The van der Waals surface area contributed by atoms with Crippen molar-refractivity contribution in [3.05, 3.63) is 89.5 Å². The highest BCUT2D eigenvalue weighted by molar-refractivity contribution is 5.93. The van der Waals surface area contributed by atoms with Crippen molar-refractivity contribution < 1.29 is 19.5 Å². The number of carbonyl (C=O) groups excluding carboxylic acids is 3. The first-order valence-electron chi connectivity index (χ1n) is 15.1. The number of fused-ring (bicyclic) bond motifs is 1. The molecule has 12 nitrogen and oxygen atoms in total. The van der Waals surface area contributed by atoms with Crippen LogP contribution in [0, 0.1) is 0 Å². The van der Waals surface area contributed by atoms with Crippen LogP contribution in [0.1, 0.15) is 30.0 Å². The number of nitrogens with one attached hydrogen (secondary N) is 3. The van der Waals surface area contributed by atoms with Gasteiger partial charge in [-0.2, -0.15) is 5.10 Å². The number of para-hydroxylation sites is 1. The number of hydrogen-bond acceptors (Lipinski definition) is 7. The van der Waals surface area contributed by atoms with Gasteiger partial charge in [0.1, 0.15) is 18.0 Å². The number of urea groups is 1. The van der Waals surface area contributed by atoms with Gasteiger partial charge in [-0.3, -0.25) is 19.6 Å². The predicted octanol–water partition coefficient (Wildman–Crippen LogP) is 2.80. The topological polar surface area (TPSA) is 160 Å². The molecule has 5 rings (SSSR count). The van der Waals surface area contributed by atoms with Crippen LogP contribution in [0.4, 0.5) is 10.6 Å². The molecule has 0 bridgehead atoms. The number of H-pyrrole nitrogens is 1. The van der Waals surface area contributed by atoms with Gasteiger partial charge in [0.25, 0.3) is 0 Å². The van der Waals surface area contributed by atoms with Gasteiger partial charge in [0, 0.05) is 24.9 Å². The van der Waals surface area contributed by atoms with E-state index in [0.717, 1.165) is 34.0 Å². The Kier molecular flexibility index (Phi) is 9.83. The molecule has 1 fully saturated rings. The molecule has 1 aliphatic rings. The second-order valence-corrected chi connectivity index (χ2v) is 11.4. The Balaban J connectivity index is 1.47. The number of nitrogen functional groups attached to an aromatic ring is 1. The lowest BCUT2D eigenvalue weighted by atomic mass is 9.98. The molecule has 2 atom stereocenters. The number of benzene rings is 3. The SMILES string of the molecule is CCCN(C)CC(=O)N1[C@@H](NC(=O)NCc2ccccc2)CN(Cc2cccc3c(N)n[nH]c23)C(=O)[C@@H]1Cc1ccc(O)cc1. The van der Waals surface area contributed by atoms with E-state index in [4.69, 9.17) is 5.73 Å². The maximum atomic E-state index is 14.3. The number of likely N-dealkylation sites (N-methyl/N-ethyl adjacent to an activating group) is 1. The third kappa shape index (κ3) is 7.52. The Morgan fingerprint density at radius 2 is 1.82 bits per heavy atom. The normalized spacial score (nSPS) is 16.7. The zero-order chi connectivity index (χ0) is 31.9. The third-order valence-corrected chi connectivity index (χ3v) is 8.00. The Morgan fingerprint density at radius 3 is 2.56 bits per heavy atom. The average Bonchev–Trinajstić information content (AvgIpc) is 3.41. The molecule has 1 saturated heterocycles. The van der Waals surface area contributed by atoms with Crippen molar-refractivity contribution in [2.45, 2.75) is 45.1 Å². The summed E-state index contributed by atoms with van der Waals surface area (Å²) in [6.07, 6.45) is 0.249. The molecule has 3 aromatic carbocycles. The first kappa shape index (κ1) is 31.3. The fraction of sp³-hybridized carbons (Fsp3) is 0.333. The molecule has 1 aliphatic heterocycles. The molecule has 0 radical (unpaired) electrons. The van der Waals surface area contributed by atoms with Gasteiger partial charge >= 0.3 is 6.03 Å². The van der Waals surface area contributed by atoms with Crippen molar-refractivity contribution in [2.75, 3.05) is 32.4 Å². The van der Waals surface area contributed by atoms with Crippen LogP contribution in [0.5, 0.6) is 5.75 Å². The van der Waals surface area contributed by atoms with Crippen LogP contribution in [0.2, 0.25) is 0 Å². The minimum absolute atomic E-state index is 0.0763. The highest BCUT2D eigenvalue weighted by Gasteiger charge is 2.44. The Hall–Kier alpha value is -5.10. The number of aromatic amines is 1. The van der Waals surface area contributed by atoms with Gasteiger partial charge in [0.2, 0.25) is 11.8 Å². The molecular formula is C33H40N8O4. The monoisotopic (exact) mass is 612 g/mol. The highest BCUT2D eigenvalue weighted by atomic mass is 16.3. The van der Waals surface area contributed by atoms with Gasteiger partial charge in [0.05, 0.1) is 18.6 Å². The lowest BCUT2D eigenvalue weighted by molar-refractivity contribution is -0.157. The molecule has 0 saturated carbocycles. The number of phenols is 1.